The zero-order chi connectivity index (χ0) is 32.5. The van der Waals surface area contributed by atoms with Crippen LogP contribution >= 0.6 is 0 Å². The summed E-state index contributed by atoms with van der Waals surface area (Å²) in [5, 5.41) is 10.8. The summed E-state index contributed by atoms with van der Waals surface area (Å²) in [5.74, 6) is -2.53. The van der Waals surface area contributed by atoms with Crippen molar-refractivity contribution in [2.24, 2.45) is 11.8 Å². The molecule has 3 amide bonds. The molecule has 3 aliphatic rings. The largest absolute Gasteiger partial charge is 0.394 e. The quantitative estimate of drug-likeness (QED) is 0.340. The predicted octanol–water partition coefficient (Wildman–Crippen LogP) is 4.19. The predicted molar refractivity (Wildman–Crippen MR) is 176 cm³/mol. The van der Waals surface area contributed by atoms with E-state index in [1.54, 1.807) is 29.0 Å². The first-order chi connectivity index (χ1) is 21.6. The molecule has 0 aromatic heterocycles. The monoisotopic (exact) mass is 614 g/mol. The lowest BCUT2D eigenvalue weighted by molar-refractivity contribution is -0.151. The van der Waals surface area contributed by atoms with Crippen LogP contribution in [0.25, 0.3) is 0 Å². The Hall–Kier alpha value is -3.95. The highest BCUT2D eigenvalue weighted by molar-refractivity contribution is 6.05. The normalized spacial score (nSPS) is 27.2. The molecule has 3 heterocycles. The minimum Gasteiger partial charge on any atom is -0.394 e. The number of aliphatic hydroxyl groups excluding tert-OH is 1. The Morgan fingerprint density at radius 3 is 2.20 bits per heavy atom. The Labute approximate surface area is 266 Å². The van der Waals surface area contributed by atoms with Crippen molar-refractivity contribution in [3.63, 3.8) is 0 Å². The van der Waals surface area contributed by atoms with Gasteiger partial charge in [-0.15, -0.1) is 13.2 Å². The number of rotatable bonds is 13. The summed E-state index contributed by atoms with van der Waals surface area (Å²) in [6.07, 6.45) is 4.28. The molecule has 3 fully saturated rings. The Morgan fingerprint density at radius 1 is 1.00 bits per heavy atom. The lowest BCUT2D eigenvalue weighted by Crippen LogP contribution is -2.57. The van der Waals surface area contributed by atoms with Crippen LogP contribution in [-0.2, 0) is 19.1 Å². The van der Waals surface area contributed by atoms with Crippen LogP contribution in [-0.4, -0.2) is 89.7 Å². The summed E-state index contributed by atoms with van der Waals surface area (Å²) in [5.41, 5.74) is 0.273. The topological polar surface area (TPSA) is 93.6 Å². The van der Waals surface area contributed by atoms with Crippen molar-refractivity contribution in [2.45, 2.75) is 56.9 Å². The molecule has 2 bridgehead atoms. The number of ether oxygens (including phenoxy) is 1. The van der Waals surface area contributed by atoms with Crippen LogP contribution in [0.5, 0.6) is 0 Å². The maximum atomic E-state index is 15.0. The van der Waals surface area contributed by atoms with Crippen LogP contribution in [0.1, 0.15) is 45.2 Å². The van der Waals surface area contributed by atoms with Crippen molar-refractivity contribution in [1.82, 2.24) is 9.80 Å². The first-order valence-electron chi connectivity index (χ1n) is 15.9. The van der Waals surface area contributed by atoms with Gasteiger partial charge in [0.05, 0.1) is 30.1 Å². The maximum Gasteiger partial charge on any atom is 0.253 e. The fourth-order valence-electron chi connectivity index (χ4n) is 7.94. The van der Waals surface area contributed by atoms with Crippen LogP contribution in [0.15, 0.2) is 79.9 Å². The Bertz CT molecular complexity index is 1430. The van der Waals surface area contributed by atoms with Gasteiger partial charge in [0.2, 0.25) is 11.8 Å². The third-order valence-corrected chi connectivity index (χ3v) is 10.1. The minimum absolute atomic E-state index is 0.208. The van der Waals surface area contributed by atoms with E-state index in [0.29, 0.717) is 30.6 Å². The number of anilines is 2. The number of amides is 3. The van der Waals surface area contributed by atoms with Gasteiger partial charge in [0.25, 0.3) is 5.91 Å². The van der Waals surface area contributed by atoms with Crippen LogP contribution in [0.3, 0.4) is 0 Å². The van der Waals surface area contributed by atoms with E-state index in [1.807, 2.05) is 61.5 Å². The van der Waals surface area contributed by atoms with Gasteiger partial charge in [0, 0.05) is 44.6 Å². The van der Waals surface area contributed by atoms with E-state index >= 15 is 4.79 Å². The summed E-state index contributed by atoms with van der Waals surface area (Å²) < 4.78 is 6.84. The second kappa shape index (κ2) is 12.8. The average molecular weight is 615 g/mol. The van der Waals surface area contributed by atoms with E-state index in [4.69, 9.17) is 4.74 Å². The van der Waals surface area contributed by atoms with Crippen LogP contribution < -0.4 is 9.80 Å². The average Bonchev–Trinajstić information content (AvgIpc) is 3.62. The number of likely N-dealkylation sites (tertiary alicyclic amines) is 1. The molecule has 1 spiro atoms. The van der Waals surface area contributed by atoms with Crippen molar-refractivity contribution >= 4 is 29.1 Å². The van der Waals surface area contributed by atoms with Crippen LogP contribution in [0.4, 0.5) is 11.4 Å². The van der Waals surface area contributed by atoms with Crippen molar-refractivity contribution in [2.75, 3.05) is 49.6 Å². The Morgan fingerprint density at radius 2 is 1.62 bits per heavy atom. The second-order valence-corrected chi connectivity index (χ2v) is 12.5. The SMILES string of the molecule is C=CCN(C)C(=O)[C@H]1[C@H]2C(=O)N([C@H](CO)c3ccccc3)C(C(=O)N(CC=C)c3ccc(N(CC)CC)cc3)C23CC[C@]1(C)O3. The van der Waals surface area contributed by atoms with Crippen molar-refractivity contribution in [3.8, 4) is 0 Å². The minimum atomic E-state index is -1.24. The van der Waals surface area contributed by atoms with Gasteiger partial charge in [-0.25, -0.2) is 0 Å². The first-order valence-corrected chi connectivity index (χ1v) is 15.9. The number of likely N-dealkylation sites (N-methyl/N-ethyl adjacent to an activating group) is 1. The van der Waals surface area contributed by atoms with Crippen LogP contribution in [0.2, 0.25) is 0 Å². The van der Waals surface area contributed by atoms with E-state index in [9.17, 15) is 14.7 Å². The van der Waals surface area contributed by atoms with Gasteiger partial charge in [-0.05, 0) is 63.4 Å². The molecule has 2 aromatic rings. The Balaban J connectivity index is 1.63. The van der Waals surface area contributed by atoms with E-state index < -0.39 is 41.7 Å². The number of carbonyl (C=O) groups excluding carboxylic acids is 3. The number of hydrogen-bond acceptors (Lipinski definition) is 6. The molecule has 9 nitrogen and oxygen atoms in total. The molecule has 5 rings (SSSR count). The molecule has 240 valence electrons. The number of fused-ring (bicyclic) bond motifs is 1. The number of aliphatic hydroxyl groups is 1. The fraction of sp³-hybridized carbons (Fsp3) is 0.472. The van der Waals surface area contributed by atoms with Gasteiger partial charge in [-0.2, -0.15) is 0 Å². The van der Waals surface area contributed by atoms with Gasteiger partial charge in [0.1, 0.15) is 11.6 Å². The summed E-state index contributed by atoms with van der Waals surface area (Å²) in [7, 11) is 1.69. The van der Waals surface area contributed by atoms with Crippen molar-refractivity contribution in [3.05, 3.63) is 85.5 Å². The summed E-state index contributed by atoms with van der Waals surface area (Å²) in [4.78, 5) is 50.7. The molecule has 2 aromatic carbocycles. The number of hydrogen-bond donors (Lipinski definition) is 1. The zero-order valence-electron chi connectivity index (χ0n) is 26.9. The number of carbonyl (C=O) groups is 3. The number of nitrogens with zero attached hydrogens (tertiary/aromatic N) is 4. The number of benzene rings is 2. The molecule has 0 saturated carbocycles. The first kappa shape index (κ1) is 32.4. The third kappa shape index (κ3) is 5.25. The van der Waals surface area contributed by atoms with Gasteiger partial charge >= 0.3 is 0 Å². The molecular formula is C36H46N4O5. The molecule has 6 atom stereocenters. The van der Waals surface area contributed by atoms with Crippen molar-refractivity contribution < 1.29 is 24.2 Å². The summed E-state index contributed by atoms with van der Waals surface area (Å²) in [6, 6.07) is 15.2. The molecule has 9 heteroatoms. The molecule has 1 N–H and O–H groups in total. The highest BCUT2D eigenvalue weighted by Gasteiger charge is 2.79. The smallest absolute Gasteiger partial charge is 0.253 e. The van der Waals surface area contributed by atoms with E-state index in [-0.39, 0.29) is 24.3 Å². The fourth-order valence-corrected chi connectivity index (χ4v) is 7.94. The summed E-state index contributed by atoms with van der Waals surface area (Å²) >= 11 is 0. The van der Waals surface area contributed by atoms with E-state index in [0.717, 1.165) is 18.8 Å². The van der Waals surface area contributed by atoms with E-state index in [2.05, 4.69) is 31.9 Å². The molecule has 0 aliphatic carbocycles. The standard InChI is InChI=1S/C36H46N4O5/c1-7-22-37(6)32(42)29-30-33(43)40(28(24-41)25-14-12-11-13-15-25)31(36(30)21-20-35(29,5)45-36)34(44)39(23-8-2)27-18-16-26(17-19-27)38(9-3)10-4/h7-8,11-19,28-31,41H,1-2,9-10,20-24H2,3-6H3/t28-,29-,30+,31?,35+,36?/m1/s1. The maximum absolute atomic E-state index is 15.0. The molecule has 3 saturated heterocycles. The van der Waals surface area contributed by atoms with Gasteiger partial charge in [0.15, 0.2) is 0 Å². The molecule has 0 radical (unpaired) electrons. The molecule has 2 unspecified atom stereocenters. The molecule has 3 aliphatic heterocycles. The zero-order valence-corrected chi connectivity index (χ0v) is 26.9. The second-order valence-electron chi connectivity index (χ2n) is 12.5. The Kier molecular flexibility index (Phi) is 9.23. The summed E-state index contributed by atoms with van der Waals surface area (Å²) in [6.45, 7) is 15.6. The van der Waals surface area contributed by atoms with Crippen molar-refractivity contribution in [1.29, 1.82) is 0 Å². The van der Waals surface area contributed by atoms with Gasteiger partial charge in [-0.3, -0.25) is 14.4 Å². The lowest BCUT2D eigenvalue weighted by atomic mass is 9.66. The molecular weight excluding hydrogens is 568 g/mol. The molecule has 45 heavy (non-hydrogen) atoms. The third-order valence-electron chi connectivity index (χ3n) is 10.1. The van der Waals surface area contributed by atoms with E-state index in [1.165, 1.54) is 4.90 Å². The lowest BCUT2D eigenvalue weighted by Gasteiger charge is -2.39. The highest BCUT2D eigenvalue weighted by atomic mass is 16.5. The van der Waals surface area contributed by atoms with Crippen LogP contribution in [0, 0.1) is 11.8 Å². The highest BCUT2D eigenvalue weighted by Crippen LogP contribution is 2.64. The van der Waals surface area contributed by atoms with Gasteiger partial charge in [-0.1, -0.05) is 42.5 Å². The van der Waals surface area contributed by atoms with Gasteiger partial charge < -0.3 is 29.4 Å².